The van der Waals surface area contributed by atoms with Gasteiger partial charge in [-0.3, -0.25) is 9.97 Å². The number of benzene rings is 2. The summed E-state index contributed by atoms with van der Waals surface area (Å²) in [6, 6.07) is 7.67. The fourth-order valence-corrected chi connectivity index (χ4v) is 3.43. The van der Waals surface area contributed by atoms with E-state index in [1.165, 1.54) is 12.1 Å². The lowest BCUT2D eigenvalue weighted by Crippen LogP contribution is -2.48. The molecular weight excluding hydrogens is 459 g/mol. The van der Waals surface area contributed by atoms with E-state index in [0.29, 0.717) is 29.4 Å². The van der Waals surface area contributed by atoms with Crippen molar-refractivity contribution >= 4 is 0 Å². The van der Waals surface area contributed by atoms with Gasteiger partial charge in [-0.15, -0.1) is 10.2 Å². The maximum Gasteiger partial charge on any atom is 0.325 e. The molecule has 12 heteroatoms. The van der Waals surface area contributed by atoms with Gasteiger partial charge in [0, 0.05) is 17.8 Å². The molecule has 4 rings (SSSR count). The van der Waals surface area contributed by atoms with E-state index in [1.54, 1.807) is 12.1 Å². The highest BCUT2D eigenvalue weighted by atomic mass is 19.3. The third-order valence-corrected chi connectivity index (χ3v) is 5.27. The van der Waals surface area contributed by atoms with Gasteiger partial charge in [0.1, 0.15) is 29.7 Å². The number of hydrogen-bond acceptors (Lipinski definition) is 6. The Hall–Kier alpha value is -3.80. The number of halogens is 5. The molecule has 0 aliphatic carbocycles. The molecule has 0 amide bonds. The number of aryl methyl sites for hydroxylation is 2. The number of nitrogens with zero attached hydrogens (tertiary/aromatic N) is 6. The van der Waals surface area contributed by atoms with Crippen LogP contribution in [-0.4, -0.2) is 35.3 Å². The number of rotatable bonds is 8. The molecule has 0 saturated heterocycles. The van der Waals surface area contributed by atoms with Crippen molar-refractivity contribution < 1.29 is 27.1 Å². The molecule has 34 heavy (non-hydrogen) atoms. The summed E-state index contributed by atoms with van der Waals surface area (Å²) >= 11 is 0. The lowest BCUT2D eigenvalue weighted by atomic mass is 9.85. The predicted molar refractivity (Wildman–Crippen MR) is 108 cm³/mol. The Labute approximate surface area is 189 Å². The third-order valence-electron chi connectivity index (χ3n) is 5.27. The van der Waals surface area contributed by atoms with Crippen LogP contribution in [0, 0.1) is 17.5 Å². The number of hydrogen-bond donors (Lipinski definition) is 1. The average Bonchev–Trinajstić information content (AvgIpc) is 3.31. The lowest BCUT2D eigenvalue weighted by molar-refractivity contribution is -0.209. The third kappa shape index (κ3) is 4.62. The SMILES string of the molecule is OC(Cn1ncnn1)(c1ccc(F)cc1F)C(F)(F)c1cnc(CCc2ccc(F)cc2)cn1. The Morgan fingerprint density at radius 3 is 2.24 bits per heavy atom. The van der Waals surface area contributed by atoms with Gasteiger partial charge in [0.15, 0.2) is 11.9 Å². The second-order valence-corrected chi connectivity index (χ2v) is 7.54. The molecule has 1 atom stereocenters. The van der Waals surface area contributed by atoms with Crippen molar-refractivity contribution in [3.05, 3.63) is 101 Å². The van der Waals surface area contributed by atoms with Crippen LogP contribution in [0.2, 0.25) is 0 Å². The van der Waals surface area contributed by atoms with Gasteiger partial charge in [-0.1, -0.05) is 12.1 Å². The molecule has 0 bridgehead atoms. The van der Waals surface area contributed by atoms with Crippen LogP contribution in [0.4, 0.5) is 22.0 Å². The molecule has 1 N–H and O–H groups in total. The fourth-order valence-electron chi connectivity index (χ4n) is 3.43. The summed E-state index contributed by atoms with van der Waals surface area (Å²) in [7, 11) is 0. The van der Waals surface area contributed by atoms with Gasteiger partial charge in [-0.2, -0.15) is 13.6 Å². The second-order valence-electron chi connectivity index (χ2n) is 7.54. The van der Waals surface area contributed by atoms with Crippen molar-refractivity contribution in [1.29, 1.82) is 0 Å². The van der Waals surface area contributed by atoms with E-state index in [2.05, 4.69) is 25.4 Å². The first-order valence-electron chi connectivity index (χ1n) is 10.0. The van der Waals surface area contributed by atoms with E-state index in [0.717, 1.165) is 36.4 Å². The summed E-state index contributed by atoms with van der Waals surface area (Å²) in [5, 5.41) is 21.6. The topological polar surface area (TPSA) is 89.6 Å². The zero-order chi connectivity index (χ0) is 24.3. The molecule has 0 aliphatic rings. The van der Waals surface area contributed by atoms with Crippen LogP contribution in [0.3, 0.4) is 0 Å². The van der Waals surface area contributed by atoms with Gasteiger partial charge in [-0.05, 0) is 47.9 Å². The van der Waals surface area contributed by atoms with Crippen LogP contribution in [0.5, 0.6) is 0 Å². The van der Waals surface area contributed by atoms with E-state index >= 15 is 8.78 Å². The summed E-state index contributed by atoms with van der Waals surface area (Å²) in [5.41, 5.74) is -3.88. The van der Waals surface area contributed by atoms with E-state index in [9.17, 15) is 18.3 Å². The van der Waals surface area contributed by atoms with Gasteiger partial charge in [0.25, 0.3) is 0 Å². The molecule has 7 nitrogen and oxygen atoms in total. The molecule has 2 aromatic heterocycles. The van der Waals surface area contributed by atoms with Crippen LogP contribution in [0.1, 0.15) is 22.5 Å². The first-order chi connectivity index (χ1) is 16.2. The fraction of sp³-hybridized carbons (Fsp3) is 0.227. The molecule has 2 aromatic carbocycles. The van der Waals surface area contributed by atoms with Crippen molar-refractivity contribution in [2.75, 3.05) is 0 Å². The normalized spacial score (nSPS) is 13.6. The quantitative estimate of drug-likeness (QED) is 0.393. The van der Waals surface area contributed by atoms with E-state index in [-0.39, 0.29) is 5.82 Å². The van der Waals surface area contributed by atoms with Crippen LogP contribution in [0.25, 0.3) is 0 Å². The van der Waals surface area contributed by atoms with Gasteiger partial charge in [0.05, 0.1) is 11.9 Å². The average molecular weight is 476 g/mol. The van der Waals surface area contributed by atoms with Gasteiger partial charge < -0.3 is 5.11 Å². The smallest absolute Gasteiger partial charge is 0.325 e. The van der Waals surface area contributed by atoms with Crippen molar-refractivity contribution in [2.24, 2.45) is 0 Å². The Bertz CT molecular complexity index is 1250. The Balaban J connectivity index is 1.63. The summed E-state index contributed by atoms with van der Waals surface area (Å²) in [4.78, 5) is 8.39. The zero-order valence-corrected chi connectivity index (χ0v) is 17.4. The second kappa shape index (κ2) is 9.21. The Kier molecular flexibility index (Phi) is 6.33. The number of aliphatic hydroxyl groups is 1. The number of tetrazole rings is 1. The molecule has 176 valence electrons. The molecule has 0 saturated carbocycles. The van der Waals surface area contributed by atoms with E-state index in [1.807, 2.05) is 0 Å². The Morgan fingerprint density at radius 2 is 1.62 bits per heavy atom. The van der Waals surface area contributed by atoms with Crippen LogP contribution in [0.15, 0.2) is 61.2 Å². The van der Waals surface area contributed by atoms with Crippen molar-refractivity contribution in [1.82, 2.24) is 30.2 Å². The largest absolute Gasteiger partial charge is 0.377 e. The first-order valence-corrected chi connectivity index (χ1v) is 10.0. The van der Waals surface area contributed by atoms with E-state index in [4.69, 9.17) is 0 Å². The minimum absolute atomic E-state index is 0.338. The van der Waals surface area contributed by atoms with Gasteiger partial charge in [0.2, 0.25) is 0 Å². The molecule has 0 radical (unpaired) electrons. The maximum atomic E-state index is 15.6. The molecule has 1 unspecified atom stereocenters. The zero-order valence-electron chi connectivity index (χ0n) is 17.4. The van der Waals surface area contributed by atoms with Gasteiger partial charge >= 0.3 is 5.92 Å². The van der Waals surface area contributed by atoms with Crippen molar-refractivity contribution in [3.8, 4) is 0 Å². The first kappa shape index (κ1) is 23.4. The highest BCUT2D eigenvalue weighted by Gasteiger charge is 2.58. The maximum absolute atomic E-state index is 15.6. The van der Waals surface area contributed by atoms with Crippen molar-refractivity contribution in [2.45, 2.75) is 30.9 Å². The summed E-state index contributed by atoms with van der Waals surface area (Å²) in [5.74, 6) is -6.95. The highest BCUT2D eigenvalue weighted by Crippen LogP contribution is 2.46. The minimum atomic E-state index is -4.19. The number of alkyl halides is 2. The van der Waals surface area contributed by atoms with Crippen molar-refractivity contribution in [3.63, 3.8) is 0 Å². The molecule has 4 aromatic rings. The standard InChI is InChI=1S/C22H17F5N6O/c23-15-4-1-14(2-5-15)3-7-17-10-29-20(11-28-17)22(26,27)21(34,12-33-31-13-30-32-33)18-8-6-16(24)9-19(18)25/h1-2,4-6,8-11,13,34H,3,7,12H2. The summed E-state index contributed by atoms with van der Waals surface area (Å²) in [6.07, 6.45) is 3.65. The highest BCUT2D eigenvalue weighted by molar-refractivity contribution is 5.30. The molecular formula is C22H17F5N6O. The van der Waals surface area contributed by atoms with Gasteiger partial charge in [-0.25, -0.2) is 13.2 Å². The molecule has 2 heterocycles. The van der Waals surface area contributed by atoms with Crippen LogP contribution < -0.4 is 0 Å². The summed E-state index contributed by atoms with van der Waals surface area (Å²) < 4.78 is 72.2. The minimum Gasteiger partial charge on any atom is -0.377 e. The Morgan fingerprint density at radius 1 is 0.882 bits per heavy atom. The molecule has 0 spiro atoms. The molecule has 0 aliphatic heterocycles. The summed E-state index contributed by atoms with van der Waals surface area (Å²) in [6.45, 7) is -1.00. The van der Waals surface area contributed by atoms with Crippen LogP contribution in [-0.2, 0) is 30.9 Å². The number of aromatic nitrogens is 6. The lowest BCUT2D eigenvalue weighted by Gasteiger charge is -2.35. The van der Waals surface area contributed by atoms with Crippen LogP contribution >= 0.6 is 0 Å². The monoisotopic (exact) mass is 476 g/mol. The van der Waals surface area contributed by atoms with E-state index < -0.39 is 41.0 Å². The predicted octanol–water partition coefficient (Wildman–Crippen LogP) is 3.35. The molecule has 0 fully saturated rings.